The second-order valence-corrected chi connectivity index (χ2v) is 16.8. The minimum absolute atomic E-state index is 0.904. The molecule has 0 aromatic carbocycles. The van der Waals surface area contributed by atoms with Crippen molar-refractivity contribution < 1.29 is 149 Å². The predicted molar refractivity (Wildman–Crippen MR) is 197 cm³/mol. The van der Waals surface area contributed by atoms with Gasteiger partial charge in [0.15, 0.2) is 43.8 Å². The molecule has 30 nitrogen and oxygen atoms in total. The van der Waals surface area contributed by atoms with Crippen molar-refractivity contribution in [1.82, 2.24) is 0 Å². The van der Waals surface area contributed by atoms with E-state index >= 15 is 0 Å². The number of hydrogen-bond acceptors (Lipinski definition) is 29. The van der Waals surface area contributed by atoms with E-state index in [4.69, 9.17) is 52.1 Å². The van der Waals surface area contributed by atoms with Gasteiger partial charge in [0.2, 0.25) is 0 Å². The third-order valence-corrected chi connectivity index (χ3v) is 12.3. The Kier molecular flexibility index (Phi) is 18.1. The van der Waals surface area contributed by atoms with Gasteiger partial charge < -0.3 is 144 Å². The van der Waals surface area contributed by atoms with Crippen LogP contribution >= 0.6 is 0 Å². The van der Waals surface area contributed by atoms with Crippen LogP contribution in [0, 0.1) is 0 Å². The Morgan fingerprint density at radius 1 is 0.364 bits per heavy atom. The summed E-state index contributed by atoms with van der Waals surface area (Å²) in [5, 5.41) is 191. The molecular formula is C36H60O30. The normalized spacial score (nSPS) is 53.9. The highest BCUT2D eigenvalue weighted by atomic mass is 16.8. The highest BCUT2D eigenvalue weighted by Gasteiger charge is 2.58. The molecular weight excluding hydrogens is 912 g/mol. The standard InChI is InChI=1S/C36H60O30/c1-6-11(40)25(21(50)31(55)56-6)62-36-23(52)28(24(10(5-39)60-36)61-32-18(47)15(44)13(42)8(3-37)58-32)65-35-22(51)26(12(41)7(2)57-35)63-34-20(49)17(46)27(29(66-34)30(53)54)64-33-19(48)16(45)14(43)9(4-38)59-33/h6-29,31-52,55H,3-5H2,1-2H3,(H,53,54)/t6-,7-,8+,9+,10+,11+,12+,13+,14+,15-,16-,17+,18+,19+,20+,21-,22-,23+,24+,25+,26+,27-,28+,29-,31+,32+,33-,34-,35-,36+/m0/s1. The summed E-state index contributed by atoms with van der Waals surface area (Å²) in [6, 6.07) is 0. The second kappa shape index (κ2) is 22.2. The number of aliphatic hydroxyl groups excluding tert-OH is 17. The molecule has 6 fully saturated rings. The summed E-state index contributed by atoms with van der Waals surface area (Å²) in [5.41, 5.74) is 0. The molecule has 0 amide bonds. The maximum Gasteiger partial charge on any atom is 0.335 e. The molecule has 6 saturated heterocycles. The molecule has 0 aromatic heterocycles. The highest BCUT2D eigenvalue weighted by Crippen LogP contribution is 2.37. The number of rotatable bonds is 14. The summed E-state index contributed by atoms with van der Waals surface area (Å²) < 4.78 is 61.2. The van der Waals surface area contributed by atoms with Crippen molar-refractivity contribution in [3.63, 3.8) is 0 Å². The van der Waals surface area contributed by atoms with Crippen molar-refractivity contribution in [2.75, 3.05) is 19.8 Å². The zero-order valence-electron chi connectivity index (χ0n) is 34.9. The number of aliphatic carboxylic acids is 1. The fourth-order valence-corrected chi connectivity index (χ4v) is 8.35. The van der Waals surface area contributed by atoms with Gasteiger partial charge in [0.1, 0.15) is 128 Å². The molecule has 0 aromatic rings. The molecule has 18 N–H and O–H groups in total. The smallest absolute Gasteiger partial charge is 0.335 e. The van der Waals surface area contributed by atoms with Crippen LogP contribution in [0.2, 0.25) is 0 Å². The van der Waals surface area contributed by atoms with Gasteiger partial charge >= 0.3 is 5.97 Å². The van der Waals surface area contributed by atoms with E-state index < -0.39 is 210 Å². The van der Waals surface area contributed by atoms with Crippen LogP contribution in [-0.2, 0) is 56.9 Å². The number of aliphatic hydroxyl groups is 17. The number of carbonyl (C=O) groups is 1. The van der Waals surface area contributed by atoms with Crippen molar-refractivity contribution in [3.8, 4) is 0 Å². The lowest BCUT2D eigenvalue weighted by atomic mass is 9.95. The van der Waals surface area contributed by atoms with Crippen molar-refractivity contribution in [3.05, 3.63) is 0 Å². The number of hydrogen-bond donors (Lipinski definition) is 18. The molecule has 0 unspecified atom stereocenters. The molecule has 0 spiro atoms. The fourth-order valence-electron chi connectivity index (χ4n) is 8.35. The minimum atomic E-state index is -2.31. The lowest BCUT2D eigenvalue weighted by Crippen LogP contribution is -2.69. The van der Waals surface area contributed by atoms with Crippen LogP contribution in [-0.4, -0.2) is 302 Å². The highest BCUT2D eigenvalue weighted by molar-refractivity contribution is 5.73. The minimum Gasteiger partial charge on any atom is -0.479 e. The SMILES string of the molecule is C[C@@H]1O[C@@H](O)[C@@H](O)[C@H](O[C@H]2O[C@H](CO)[C@@H](O[C@H]3O[C@H](CO)[C@@H](O)[C@H](O)[C@H]3O)[C@H](O[C@@H]3O[C@@H](C)[C@@H](O)[C@@H](O[C@H]4O[C@H](C(=O)O)[C@@H](O[C@@H]5O[C@H](CO)[C@@H](O)[C@H](O)[C@H]5O)[C@H](O)[C@H]4O)[C@@H]3O)[C@H]2O)[C@@H]1O. The Morgan fingerprint density at radius 2 is 0.727 bits per heavy atom. The van der Waals surface area contributed by atoms with E-state index in [1.165, 1.54) is 13.8 Å². The summed E-state index contributed by atoms with van der Waals surface area (Å²) in [6.07, 6.45) is -58.3. The van der Waals surface area contributed by atoms with E-state index in [0.29, 0.717) is 0 Å². The van der Waals surface area contributed by atoms with Gasteiger partial charge in [-0.1, -0.05) is 0 Å². The van der Waals surface area contributed by atoms with Crippen LogP contribution < -0.4 is 0 Å². The van der Waals surface area contributed by atoms with Crippen LogP contribution in [0.4, 0.5) is 0 Å². The first-order valence-electron chi connectivity index (χ1n) is 20.8. The van der Waals surface area contributed by atoms with Gasteiger partial charge in [0, 0.05) is 0 Å². The molecule has 6 aliphatic heterocycles. The van der Waals surface area contributed by atoms with E-state index in [0.717, 1.165) is 0 Å². The average molecular weight is 973 g/mol. The monoisotopic (exact) mass is 972 g/mol. The Balaban J connectivity index is 1.25. The quantitative estimate of drug-likeness (QED) is 0.0768. The Morgan fingerprint density at radius 3 is 1.23 bits per heavy atom. The van der Waals surface area contributed by atoms with E-state index in [-0.39, 0.29) is 0 Å². The summed E-state index contributed by atoms with van der Waals surface area (Å²) in [7, 11) is 0. The van der Waals surface area contributed by atoms with E-state index in [1.54, 1.807) is 0 Å². The Bertz CT molecular complexity index is 1540. The van der Waals surface area contributed by atoms with E-state index in [9.17, 15) is 96.7 Å². The van der Waals surface area contributed by atoms with Crippen LogP contribution in [0.25, 0.3) is 0 Å². The van der Waals surface area contributed by atoms with Crippen molar-refractivity contribution in [2.24, 2.45) is 0 Å². The van der Waals surface area contributed by atoms with Gasteiger partial charge in [-0.25, -0.2) is 4.79 Å². The second-order valence-electron chi connectivity index (χ2n) is 16.8. The zero-order chi connectivity index (χ0) is 48.8. The predicted octanol–water partition coefficient (Wildman–Crippen LogP) is -12.0. The Hall–Kier alpha value is -1.65. The molecule has 384 valence electrons. The van der Waals surface area contributed by atoms with Crippen molar-refractivity contribution in [2.45, 2.75) is 198 Å². The first-order valence-corrected chi connectivity index (χ1v) is 20.8. The third kappa shape index (κ3) is 10.7. The molecule has 30 atom stereocenters. The van der Waals surface area contributed by atoms with E-state index in [2.05, 4.69) is 0 Å². The topological polar surface area (TPSA) is 483 Å². The van der Waals surface area contributed by atoms with Crippen LogP contribution in [0.3, 0.4) is 0 Å². The van der Waals surface area contributed by atoms with Crippen molar-refractivity contribution in [1.29, 1.82) is 0 Å². The summed E-state index contributed by atoms with van der Waals surface area (Å²) >= 11 is 0. The van der Waals surface area contributed by atoms with Crippen LogP contribution in [0.15, 0.2) is 0 Å². The van der Waals surface area contributed by atoms with Crippen molar-refractivity contribution >= 4 is 5.97 Å². The van der Waals surface area contributed by atoms with Gasteiger partial charge in [0.25, 0.3) is 0 Å². The third-order valence-electron chi connectivity index (χ3n) is 12.3. The largest absolute Gasteiger partial charge is 0.479 e. The first-order chi connectivity index (χ1) is 31.1. The molecule has 0 aliphatic carbocycles. The molecule has 6 rings (SSSR count). The van der Waals surface area contributed by atoms with Gasteiger partial charge in [-0.05, 0) is 13.8 Å². The molecule has 30 heteroatoms. The summed E-state index contributed by atoms with van der Waals surface area (Å²) in [4.78, 5) is 12.4. The maximum atomic E-state index is 12.4. The molecule has 6 heterocycles. The maximum absolute atomic E-state index is 12.4. The lowest BCUT2D eigenvalue weighted by Gasteiger charge is -2.50. The zero-order valence-corrected chi connectivity index (χ0v) is 34.9. The molecule has 0 radical (unpaired) electrons. The lowest BCUT2D eigenvalue weighted by molar-refractivity contribution is -0.403. The van der Waals surface area contributed by atoms with Crippen LogP contribution in [0.5, 0.6) is 0 Å². The number of carboxylic acid groups (broad SMARTS) is 1. The number of ether oxygens (including phenoxy) is 11. The Labute approximate surface area is 372 Å². The number of carboxylic acids is 1. The first kappa shape index (κ1) is 53.7. The van der Waals surface area contributed by atoms with Gasteiger partial charge in [-0.3, -0.25) is 0 Å². The molecule has 6 aliphatic rings. The van der Waals surface area contributed by atoms with E-state index in [1.807, 2.05) is 0 Å². The summed E-state index contributed by atoms with van der Waals surface area (Å²) in [5.74, 6) is -1.87. The van der Waals surface area contributed by atoms with Crippen LogP contribution in [0.1, 0.15) is 13.8 Å². The molecule has 66 heavy (non-hydrogen) atoms. The average Bonchev–Trinajstić information content (AvgIpc) is 3.28. The van der Waals surface area contributed by atoms with Gasteiger partial charge in [-0.15, -0.1) is 0 Å². The fraction of sp³-hybridized carbons (Fsp3) is 0.972. The molecule has 0 saturated carbocycles. The van der Waals surface area contributed by atoms with Gasteiger partial charge in [-0.2, -0.15) is 0 Å². The summed E-state index contributed by atoms with van der Waals surface area (Å²) in [6.45, 7) is -0.336. The van der Waals surface area contributed by atoms with Gasteiger partial charge in [0.05, 0.1) is 32.0 Å². The molecule has 0 bridgehead atoms.